The summed E-state index contributed by atoms with van der Waals surface area (Å²) in [6.07, 6.45) is -5.08. The highest BCUT2D eigenvalue weighted by atomic mass is 19.4. The number of carboxylic acids is 1. The number of hydrogen-bond donors (Lipinski definition) is 5. The van der Waals surface area contributed by atoms with Crippen LogP contribution in [0.3, 0.4) is 0 Å². The second-order valence-corrected chi connectivity index (χ2v) is 9.41. The van der Waals surface area contributed by atoms with Crippen molar-refractivity contribution in [1.82, 2.24) is 5.32 Å². The van der Waals surface area contributed by atoms with Crippen molar-refractivity contribution in [3.8, 4) is 0 Å². The van der Waals surface area contributed by atoms with Crippen molar-refractivity contribution < 1.29 is 32.7 Å². The van der Waals surface area contributed by atoms with Gasteiger partial charge in [0.05, 0.1) is 11.3 Å². The van der Waals surface area contributed by atoms with Gasteiger partial charge in [-0.1, -0.05) is 78.9 Å². The van der Waals surface area contributed by atoms with Crippen LogP contribution in [0.4, 0.5) is 24.5 Å². The normalized spacial score (nSPS) is 13.2. The number of carboxylic acid groups (broad SMARTS) is 1. The predicted octanol–water partition coefficient (Wildman–Crippen LogP) is 5.64. The summed E-state index contributed by atoms with van der Waals surface area (Å²) in [6, 6.07) is 33.2. The Bertz CT molecular complexity index is 1640. The lowest BCUT2D eigenvalue weighted by Crippen LogP contribution is -2.21. The van der Waals surface area contributed by atoms with Crippen molar-refractivity contribution in [2.24, 2.45) is 5.73 Å². The van der Waals surface area contributed by atoms with Crippen molar-refractivity contribution in [3.05, 3.63) is 131 Å². The summed E-state index contributed by atoms with van der Waals surface area (Å²) in [6.45, 7) is 1.55. The molecule has 1 aliphatic heterocycles. The van der Waals surface area contributed by atoms with Gasteiger partial charge in [0.2, 0.25) is 5.91 Å². The number of aliphatic carboxylic acids is 1. The maximum Gasteiger partial charge on any atom is 0.490 e. The molecule has 1 aliphatic rings. The second kappa shape index (κ2) is 13.5. The molecule has 4 aromatic carbocycles. The third-order valence-corrected chi connectivity index (χ3v) is 6.33. The number of carbonyl (C=O) groups is 3. The summed E-state index contributed by atoms with van der Waals surface area (Å²) in [5.41, 5.74) is 12.4. The Balaban J connectivity index is 0.000000541. The molecule has 0 saturated carbocycles. The van der Waals surface area contributed by atoms with Crippen LogP contribution in [0, 0.1) is 0 Å². The number of anilines is 2. The molecule has 1 heterocycles. The minimum Gasteiger partial charge on any atom is -0.475 e. The van der Waals surface area contributed by atoms with Gasteiger partial charge in [-0.3, -0.25) is 9.59 Å². The Labute approximate surface area is 245 Å². The molecule has 220 valence electrons. The number of rotatable bonds is 8. The van der Waals surface area contributed by atoms with E-state index < -0.39 is 18.1 Å². The largest absolute Gasteiger partial charge is 0.490 e. The monoisotopic (exact) mass is 588 g/mol. The first-order valence-corrected chi connectivity index (χ1v) is 13.0. The average Bonchev–Trinajstić information content (AvgIpc) is 3.32. The molecule has 0 fully saturated rings. The Hall–Kier alpha value is -5.42. The number of alkyl halides is 3. The van der Waals surface area contributed by atoms with Gasteiger partial charge < -0.3 is 26.8 Å². The predicted molar refractivity (Wildman–Crippen MR) is 158 cm³/mol. The summed E-state index contributed by atoms with van der Waals surface area (Å²) in [4.78, 5) is 33.6. The van der Waals surface area contributed by atoms with Crippen LogP contribution in [0.2, 0.25) is 0 Å². The summed E-state index contributed by atoms with van der Waals surface area (Å²) < 4.78 is 31.7. The number of primary amides is 1. The Kier molecular flexibility index (Phi) is 9.58. The first kappa shape index (κ1) is 30.5. The van der Waals surface area contributed by atoms with Crippen LogP contribution in [0.15, 0.2) is 103 Å². The van der Waals surface area contributed by atoms with Gasteiger partial charge in [-0.15, -0.1) is 0 Å². The molecule has 6 N–H and O–H groups in total. The van der Waals surface area contributed by atoms with E-state index in [0.29, 0.717) is 22.5 Å². The van der Waals surface area contributed by atoms with Crippen LogP contribution in [0.1, 0.15) is 32.6 Å². The lowest BCUT2D eigenvalue weighted by molar-refractivity contribution is -0.192. The number of nitrogens with one attached hydrogen (secondary N) is 3. The summed E-state index contributed by atoms with van der Waals surface area (Å²) in [5.74, 6) is -3.53. The third kappa shape index (κ3) is 8.08. The standard InChI is InChI=1S/C30H26N4O2.C2HF3O2/c31-29(35)23-13-16-25-26(17-23)34-30(36)27(25)28(22-9-5-2-6-10-22)33-24-14-11-21(12-15-24)19-32-18-20-7-3-1-4-8-20;3-2(4,5)1(6)7/h1-17,32-33H,18-19H2,(H2,31,35)(H,34,36);(H,6,7). The van der Waals surface area contributed by atoms with Crippen LogP contribution in [0.5, 0.6) is 0 Å². The Morgan fingerprint density at radius 1 is 0.791 bits per heavy atom. The van der Waals surface area contributed by atoms with Gasteiger partial charge >= 0.3 is 12.1 Å². The molecular formula is C32H27F3N4O4. The Morgan fingerprint density at radius 2 is 1.35 bits per heavy atom. The third-order valence-electron chi connectivity index (χ3n) is 6.33. The number of benzene rings is 4. The molecular weight excluding hydrogens is 561 g/mol. The molecule has 0 aliphatic carbocycles. The number of amides is 2. The van der Waals surface area contributed by atoms with Gasteiger partial charge in [-0.2, -0.15) is 13.2 Å². The quantitative estimate of drug-likeness (QED) is 0.169. The first-order valence-electron chi connectivity index (χ1n) is 13.0. The molecule has 8 nitrogen and oxygen atoms in total. The van der Waals surface area contributed by atoms with Crippen LogP contribution in [0.25, 0.3) is 11.3 Å². The molecule has 2 amide bonds. The highest BCUT2D eigenvalue weighted by molar-refractivity contribution is 6.37. The van der Waals surface area contributed by atoms with E-state index in [0.717, 1.165) is 35.5 Å². The zero-order valence-electron chi connectivity index (χ0n) is 22.6. The molecule has 4 aromatic rings. The molecule has 11 heteroatoms. The van der Waals surface area contributed by atoms with E-state index in [1.807, 2.05) is 60.7 Å². The fourth-order valence-electron chi connectivity index (χ4n) is 4.26. The zero-order chi connectivity index (χ0) is 31.0. The summed E-state index contributed by atoms with van der Waals surface area (Å²) >= 11 is 0. The van der Waals surface area contributed by atoms with Crippen molar-refractivity contribution in [2.45, 2.75) is 19.3 Å². The second-order valence-electron chi connectivity index (χ2n) is 9.41. The number of halogens is 3. The number of carbonyl (C=O) groups excluding carboxylic acids is 2. The molecule has 0 atom stereocenters. The minimum absolute atomic E-state index is 0.236. The van der Waals surface area contributed by atoms with Crippen molar-refractivity contribution in [1.29, 1.82) is 0 Å². The van der Waals surface area contributed by atoms with Crippen LogP contribution in [-0.2, 0) is 22.7 Å². The topological polar surface area (TPSA) is 134 Å². The van der Waals surface area contributed by atoms with E-state index in [-0.39, 0.29) is 5.91 Å². The van der Waals surface area contributed by atoms with E-state index in [1.54, 1.807) is 18.2 Å². The summed E-state index contributed by atoms with van der Waals surface area (Å²) in [7, 11) is 0. The summed E-state index contributed by atoms with van der Waals surface area (Å²) in [5, 5.41) is 16.9. The van der Waals surface area contributed by atoms with Crippen LogP contribution < -0.4 is 21.7 Å². The fraction of sp³-hybridized carbons (Fsp3) is 0.0938. The SMILES string of the molecule is NC(=O)c1ccc2c(c1)NC(=O)C2=C(Nc1ccc(CNCc2ccccc2)cc1)c1ccccc1.O=C(O)C(F)(F)F. The van der Waals surface area contributed by atoms with E-state index >= 15 is 0 Å². The van der Waals surface area contributed by atoms with Crippen LogP contribution in [-0.4, -0.2) is 29.1 Å². The van der Waals surface area contributed by atoms with Crippen molar-refractivity contribution in [3.63, 3.8) is 0 Å². The Morgan fingerprint density at radius 3 is 1.91 bits per heavy atom. The fourth-order valence-corrected chi connectivity index (χ4v) is 4.26. The molecule has 0 spiro atoms. The molecule has 0 saturated heterocycles. The van der Waals surface area contributed by atoms with Crippen molar-refractivity contribution >= 4 is 40.4 Å². The number of fused-ring (bicyclic) bond motifs is 1. The van der Waals surface area contributed by atoms with Gasteiger partial charge in [-0.25, -0.2) is 4.79 Å². The molecule has 0 bridgehead atoms. The molecule has 0 aromatic heterocycles. The molecule has 5 rings (SSSR count). The first-order chi connectivity index (χ1) is 20.5. The van der Waals surface area contributed by atoms with E-state index in [1.165, 1.54) is 5.56 Å². The smallest absolute Gasteiger partial charge is 0.475 e. The van der Waals surface area contributed by atoms with Crippen LogP contribution >= 0.6 is 0 Å². The van der Waals surface area contributed by atoms with Gasteiger partial charge in [0, 0.05) is 35.6 Å². The van der Waals surface area contributed by atoms with Crippen molar-refractivity contribution in [2.75, 3.05) is 10.6 Å². The van der Waals surface area contributed by atoms with Gasteiger partial charge in [0.1, 0.15) is 0 Å². The number of hydrogen-bond acceptors (Lipinski definition) is 5. The zero-order valence-corrected chi connectivity index (χ0v) is 22.6. The highest BCUT2D eigenvalue weighted by Crippen LogP contribution is 2.38. The van der Waals surface area contributed by atoms with Gasteiger partial charge in [0.25, 0.3) is 5.91 Å². The lowest BCUT2D eigenvalue weighted by atomic mass is 9.99. The van der Waals surface area contributed by atoms with E-state index in [2.05, 4.69) is 40.2 Å². The van der Waals surface area contributed by atoms with Gasteiger partial charge in [-0.05, 0) is 41.0 Å². The lowest BCUT2D eigenvalue weighted by Gasteiger charge is -2.15. The molecule has 0 unspecified atom stereocenters. The van der Waals surface area contributed by atoms with E-state index in [4.69, 9.17) is 15.6 Å². The maximum atomic E-state index is 13.1. The minimum atomic E-state index is -5.08. The van der Waals surface area contributed by atoms with E-state index in [9.17, 15) is 22.8 Å². The number of nitrogens with two attached hydrogens (primary N) is 1. The molecule has 0 radical (unpaired) electrons. The highest BCUT2D eigenvalue weighted by Gasteiger charge is 2.38. The maximum absolute atomic E-state index is 13.1. The average molecular weight is 589 g/mol. The molecule has 43 heavy (non-hydrogen) atoms. The van der Waals surface area contributed by atoms with Gasteiger partial charge in [0.15, 0.2) is 0 Å².